The molecule has 0 aromatic rings. The highest BCUT2D eigenvalue weighted by Crippen LogP contribution is 2.43. The molecule has 2 atom stereocenters. The van der Waals surface area contributed by atoms with E-state index in [0.29, 0.717) is 11.3 Å². The summed E-state index contributed by atoms with van der Waals surface area (Å²) in [6.07, 6.45) is 7.98. The van der Waals surface area contributed by atoms with Gasteiger partial charge in [0.15, 0.2) is 0 Å². The van der Waals surface area contributed by atoms with E-state index in [0.717, 1.165) is 38.5 Å². The topological polar surface area (TPSA) is 37.3 Å². The van der Waals surface area contributed by atoms with Crippen molar-refractivity contribution in [2.24, 2.45) is 17.3 Å². The van der Waals surface area contributed by atoms with Gasteiger partial charge in [-0.2, -0.15) is 0 Å². The van der Waals surface area contributed by atoms with Crippen LogP contribution in [0, 0.1) is 17.3 Å². The van der Waals surface area contributed by atoms with Gasteiger partial charge in [0.05, 0.1) is 5.92 Å². The van der Waals surface area contributed by atoms with Crippen LogP contribution in [0.25, 0.3) is 0 Å². The number of carbonyl (C=O) groups is 1. The number of hydrogen-bond donors (Lipinski definition) is 1. The molecule has 0 aliphatic heterocycles. The van der Waals surface area contributed by atoms with E-state index in [9.17, 15) is 9.90 Å². The van der Waals surface area contributed by atoms with Crippen LogP contribution in [0.1, 0.15) is 52.4 Å². The number of allylic oxidation sites excluding steroid dienone is 1. The number of carboxylic acids is 1. The first-order valence-corrected chi connectivity index (χ1v) is 6.30. The Morgan fingerprint density at radius 1 is 1.56 bits per heavy atom. The van der Waals surface area contributed by atoms with Gasteiger partial charge in [0.2, 0.25) is 0 Å². The van der Waals surface area contributed by atoms with Crippen molar-refractivity contribution >= 4 is 5.97 Å². The van der Waals surface area contributed by atoms with Gasteiger partial charge in [0.25, 0.3) is 0 Å². The highest BCUT2D eigenvalue weighted by molar-refractivity contribution is 5.70. The molecule has 0 bridgehead atoms. The molecule has 2 heteroatoms. The quantitative estimate of drug-likeness (QED) is 0.568. The zero-order chi connectivity index (χ0) is 12.2. The number of carboxylic acid groups (broad SMARTS) is 1. The average molecular weight is 224 g/mol. The van der Waals surface area contributed by atoms with Crippen LogP contribution in [-0.4, -0.2) is 11.1 Å². The molecule has 0 aromatic carbocycles. The molecule has 0 saturated heterocycles. The smallest absolute Gasteiger partial charge is 0.306 e. The Hall–Kier alpha value is -0.790. The molecule has 1 aliphatic rings. The summed E-state index contributed by atoms with van der Waals surface area (Å²) in [4.78, 5) is 11.2. The summed E-state index contributed by atoms with van der Waals surface area (Å²) in [7, 11) is 0. The molecular weight excluding hydrogens is 200 g/mol. The van der Waals surface area contributed by atoms with Gasteiger partial charge < -0.3 is 5.11 Å². The van der Waals surface area contributed by atoms with Crippen molar-refractivity contribution < 1.29 is 9.90 Å². The Morgan fingerprint density at radius 3 is 2.81 bits per heavy atom. The van der Waals surface area contributed by atoms with E-state index < -0.39 is 5.97 Å². The van der Waals surface area contributed by atoms with Crippen molar-refractivity contribution in [3.63, 3.8) is 0 Å². The van der Waals surface area contributed by atoms with Gasteiger partial charge in [-0.25, -0.2) is 0 Å². The van der Waals surface area contributed by atoms with Crippen molar-refractivity contribution in [2.75, 3.05) is 0 Å². The molecule has 0 amide bonds. The maximum absolute atomic E-state index is 11.2. The maximum Gasteiger partial charge on any atom is 0.306 e. The summed E-state index contributed by atoms with van der Waals surface area (Å²) in [6.45, 7) is 8.22. The molecule has 0 spiro atoms. The largest absolute Gasteiger partial charge is 0.481 e. The van der Waals surface area contributed by atoms with Crippen LogP contribution in [0.15, 0.2) is 12.7 Å². The van der Waals surface area contributed by atoms with Gasteiger partial charge in [0.1, 0.15) is 0 Å². The first kappa shape index (κ1) is 13.3. The van der Waals surface area contributed by atoms with Crippen molar-refractivity contribution in [2.45, 2.75) is 52.4 Å². The van der Waals surface area contributed by atoms with Crippen molar-refractivity contribution in [1.82, 2.24) is 0 Å². The highest BCUT2D eigenvalue weighted by Gasteiger charge is 2.37. The summed E-state index contributed by atoms with van der Waals surface area (Å²) in [5.74, 6) is -0.349. The van der Waals surface area contributed by atoms with Crippen molar-refractivity contribution in [1.29, 1.82) is 0 Å². The lowest BCUT2D eigenvalue weighted by Gasteiger charge is -2.39. The third-order valence-corrected chi connectivity index (χ3v) is 3.82. The molecular formula is C14H24O2. The van der Waals surface area contributed by atoms with Crippen LogP contribution in [0.2, 0.25) is 0 Å². The highest BCUT2D eigenvalue weighted by atomic mass is 16.4. The molecule has 1 saturated carbocycles. The van der Waals surface area contributed by atoms with Crippen LogP contribution >= 0.6 is 0 Å². The molecule has 2 unspecified atom stereocenters. The SMILES string of the molecule is C=CCCCC1CC(C)(C)CCC1C(=O)O. The van der Waals surface area contributed by atoms with Gasteiger partial charge >= 0.3 is 5.97 Å². The Bertz CT molecular complexity index is 255. The third-order valence-electron chi connectivity index (χ3n) is 3.82. The van der Waals surface area contributed by atoms with Crippen LogP contribution in [0.3, 0.4) is 0 Å². The van der Waals surface area contributed by atoms with Gasteiger partial charge in [-0.05, 0) is 49.9 Å². The zero-order valence-electron chi connectivity index (χ0n) is 10.5. The first-order chi connectivity index (χ1) is 7.46. The van der Waals surface area contributed by atoms with Gasteiger partial charge in [0, 0.05) is 0 Å². The summed E-state index contributed by atoms with van der Waals surface area (Å²) >= 11 is 0. The fourth-order valence-corrected chi connectivity index (χ4v) is 2.89. The van der Waals surface area contributed by atoms with E-state index in [1.807, 2.05) is 6.08 Å². The van der Waals surface area contributed by atoms with Gasteiger partial charge in [-0.1, -0.05) is 19.9 Å². The van der Waals surface area contributed by atoms with Crippen molar-refractivity contribution in [3.05, 3.63) is 12.7 Å². The predicted octanol–water partition coefficient (Wildman–Crippen LogP) is 3.87. The Labute approximate surface area is 98.7 Å². The Balaban J connectivity index is 2.57. The Kier molecular flexibility index (Phi) is 4.57. The van der Waals surface area contributed by atoms with E-state index in [-0.39, 0.29) is 5.92 Å². The van der Waals surface area contributed by atoms with Crippen LogP contribution < -0.4 is 0 Å². The lowest BCUT2D eigenvalue weighted by molar-refractivity contribution is -0.146. The molecule has 92 valence electrons. The normalized spacial score (nSPS) is 28.6. The fourth-order valence-electron chi connectivity index (χ4n) is 2.89. The summed E-state index contributed by atoms with van der Waals surface area (Å²) in [5.41, 5.74) is 0.324. The standard InChI is InChI=1S/C14H24O2/c1-4-5-6-7-11-10-14(2,3)9-8-12(11)13(15)16/h4,11-12H,1,5-10H2,2-3H3,(H,15,16). The van der Waals surface area contributed by atoms with E-state index in [1.54, 1.807) is 0 Å². The van der Waals surface area contributed by atoms with E-state index >= 15 is 0 Å². The summed E-state index contributed by atoms with van der Waals surface area (Å²) in [6, 6.07) is 0. The van der Waals surface area contributed by atoms with E-state index in [1.165, 1.54) is 0 Å². The first-order valence-electron chi connectivity index (χ1n) is 6.30. The molecule has 0 aromatic heterocycles. The molecule has 0 radical (unpaired) electrons. The minimum absolute atomic E-state index is 0.113. The second-order valence-corrected chi connectivity index (χ2v) is 5.83. The minimum atomic E-state index is -0.598. The fraction of sp³-hybridized carbons (Fsp3) is 0.786. The molecule has 1 rings (SSSR count). The summed E-state index contributed by atoms with van der Waals surface area (Å²) in [5, 5.41) is 9.22. The summed E-state index contributed by atoms with van der Waals surface area (Å²) < 4.78 is 0. The second-order valence-electron chi connectivity index (χ2n) is 5.83. The minimum Gasteiger partial charge on any atom is -0.481 e. The van der Waals surface area contributed by atoms with Crippen LogP contribution in [0.4, 0.5) is 0 Å². The number of rotatable bonds is 5. The van der Waals surface area contributed by atoms with E-state index in [2.05, 4.69) is 20.4 Å². The number of hydrogen-bond acceptors (Lipinski definition) is 1. The lowest BCUT2D eigenvalue weighted by atomic mass is 9.66. The second kappa shape index (κ2) is 5.51. The molecule has 1 aliphatic carbocycles. The van der Waals surface area contributed by atoms with Crippen LogP contribution in [0.5, 0.6) is 0 Å². The number of unbranched alkanes of at least 4 members (excludes halogenated alkanes) is 1. The van der Waals surface area contributed by atoms with Crippen molar-refractivity contribution in [3.8, 4) is 0 Å². The third kappa shape index (κ3) is 3.66. The molecule has 2 nitrogen and oxygen atoms in total. The monoisotopic (exact) mass is 224 g/mol. The van der Waals surface area contributed by atoms with E-state index in [4.69, 9.17) is 0 Å². The molecule has 1 N–H and O–H groups in total. The van der Waals surface area contributed by atoms with Gasteiger partial charge in [-0.15, -0.1) is 6.58 Å². The molecule has 16 heavy (non-hydrogen) atoms. The van der Waals surface area contributed by atoms with Crippen LogP contribution in [-0.2, 0) is 4.79 Å². The predicted molar refractivity (Wildman–Crippen MR) is 66.3 cm³/mol. The zero-order valence-corrected chi connectivity index (χ0v) is 10.5. The maximum atomic E-state index is 11.2. The molecule has 0 heterocycles. The average Bonchev–Trinajstić information content (AvgIpc) is 2.16. The van der Waals surface area contributed by atoms with Gasteiger partial charge in [-0.3, -0.25) is 4.79 Å². The lowest BCUT2D eigenvalue weighted by Crippen LogP contribution is -2.34. The Morgan fingerprint density at radius 2 is 2.25 bits per heavy atom. The molecule has 1 fully saturated rings. The number of aliphatic carboxylic acids is 1.